The highest BCUT2D eigenvalue weighted by Crippen LogP contribution is 2.36. The van der Waals surface area contributed by atoms with Crippen molar-refractivity contribution in [3.05, 3.63) is 30.0 Å². The maximum absolute atomic E-state index is 14.2. The van der Waals surface area contributed by atoms with Crippen molar-refractivity contribution in [3.63, 3.8) is 0 Å². The van der Waals surface area contributed by atoms with E-state index in [1.54, 1.807) is 13.8 Å². The third-order valence-corrected chi connectivity index (χ3v) is 5.32. The molecule has 2 heterocycles. The molecule has 0 atom stereocenters. The molecule has 2 aromatic heterocycles. The summed E-state index contributed by atoms with van der Waals surface area (Å²) in [7, 11) is -3.89. The zero-order valence-electron chi connectivity index (χ0n) is 12.7. The number of nitrogens with one attached hydrogen (secondary N) is 1. The number of esters is 1. The highest BCUT2D eigenvalue weighted by Gasteiger charge is 2.41. The van der Waals surface area contributed by atoms with Gasteiger partial charge in [0.15, 0.2) is 17.2 Å². The molecule has 0 aliphatic heterocycles. The molecule has 3 rings (SSSR count). The van der Waals surface area contributed by atoms with Gasteiger partial charge in [0.25, 0.3) is 0 Å². The van der Waals surface area contributed by atoms with Gasteiger partial charge < -0.3 is 4.74 Å². The van der Waals surface area contributed by atoms with Crippen molar-refractivity contribution in [1.82, 2.24) is 14.1 Å². The van der Waals surface area contributed by atoms with Crippen LogP contribution < -0.4 is 4.72 Å². The number of fused-ring (bicyclic) bond motifs is 1. The topological polar surface area (TPSA) is 89.8 Å². The Morgan fingerprint density at radius 1 is 1.52 bits per heavy atom. The molecule has 0 unspecified atom stereocenters. The van der Waals surface area contributed by atoms with E-state index in [0.29, 0.717) is 0 Å². The number of aromatic nitrogens is 2. The number of halogens is 1. The van der Waals surface area contributed by atoms with E-state index in [1.165, 1.54) is 6.20 Å². The third kappa shape index (κ3) is 2.93. The minimum atomic E-state index is -3.89. The maximum atomic E-state index is 14.2. The van der Waals surface area contributed by atoms with Gasteiger partial charge in [0.05, 0.1) is 12.8 Å². The van der Waals surface area contributed by atoms with Gasteiger partial charge in [-0.15, -0.1) is 0 Å². The summed E-state index contributed by atoms with van der Waals surface area (Å²) in [6, 6.07) is 0.894. The number of imidazole rings is 1. The summed E-state index contributed by atoms with van der Waals surface area (Å²) in [5.74, 6) is -1.53. The number of carbonyl (C=O) groups is 1. The van der Waals surface area contributed by atoms with E-state index in [9.17, 15) is 17.6 Å². The van der Waals surface area contributed by atoms with Crippen molar-refractivity contribution in [2.24, 2.45) is 0 Å². The van der Waals surface area contributed by atoms with Crippen LogP contribution in [-0.4, -0.2) is 35.9 Å². The first-order valence-electron chi connectivity index (χ1n) is 7.13. The summed E-state index contributed by atoms with van der Waals surface area (Å²) < 4.78 is 47.4. The van der Waals surface area contributed by atoms with Gasteiger partial charge in [-0.05, 0) is 32.8 Å². The highest BCUT2D eigenvalue weighted by molar-refractivity contribution is 7.89. The Morgan fingerprint density at radius 3 is 2.83 bits per heavy atom. The molecule has 124 valence electrons. The average Bonchev–Trinajstić information content (AvgIpc) is 3.01. The number of pyridine rings is 1. The molecule has 0 bridgehead atoms. The summed E-state index contributed by atoms with van der Waals surface area (Å²) in [5, 5.41) is 0. The Balaban J connectivity index is 2.09. The highest BCUT2D eigenvalue weighted by atomic mass is 32.2. The van der Waals surface area contributed by atoms with Crippen LogP contribution in [-0.2, 0) is 14.8 Å². The zero-order chi connectivity index (χ0) is 16.8. The maximum Gasteiger partial charge on any atom is 0.356 e. The molecular weight excluding hydrogens is 325 g/mol. The summed E-state index contributed by atoms with van der Waals surface area (Å²) in [5.41, 5.74) is -0.650. The van der Waals surface area contributed by atoms with Crippen LogP contribution >= 0.6 is 0 Å². The molecule has 0 saturated heterocycles. The molecule has 9 heteroatoms. The second-order valence-electron chi connectivity index (χ2n) is 5.75. The summed E-state index contributed by atoms with van der Waals surface area (Å²) in [6.45, 7) is 3.56. The number of rotatable bonds is 5. The van der Waals surface area contributed by atoms with Crippen LogP contribution in [0.25, 0.3) is 5.65 Å². The van der Waals surface area contributed by atoms with E-state index < -0.39 is 27.3 Å². The van der Waals surface area contributed by atoms with Gasteiger partial charge in [0.2, 0.25) is 10.0 Å². The number of carbonyl (C=O) groups excluding carboxylic acids is 1. The van der Waals surface area contributed by atoms with Crippen LogP contribution in [0.3, 0.4) is 0 Å². The lowest BCUT2D eigenvalue weighted by atomic mass is 10.4. The monoisotopic (exact) mass is 341 g/mol. The Hall–Kier alpha value is -2.00. The van der Waals surface area contributed by atoms with Gasteiger partial charge >= 0.3 is 5.97 Å². The van der Waals surface area contributed by atoms with Gasteiger partial charge in [-0.25, -0.2) is 27.3 Å². The van der Waals surface area contributed by atoms with Crippen molar-refractivity contribution in [1.29, 1.82) is 0 Å². The minimum Gasteiger partial charge on any atom is -0.461 e. The lowest BCUT2D eigenvalue weighted by Gasteiger charge is -2.13. The molecular formula is C14H16FN3O4S. The van der Waals surface area contributed by atoms with Gasteiger partial charge in [-0.3, -0.25) is 4.40 Å². The van der Waals surface area contributed by atoms with Crippen molar-refractivity contribution in [2.75, 3.05) is 6.61 Å². The van der Waals surface area contributed by atoms with Gasteiger partial charge in [0.1, 0.15) is 4.90 Å². The molecule has 1 aliphatic rings. The van der Waals surface area contributed by atoms with Crippen molar-refractivity contribution < 1.29 is 22.3 Å². The van der Waals surface area contributed by atoms with E-state index in [2.05, 4.69) is 9.71 Å². The largest absolute Gasteiger partial charge is 0.461 e. The summed E-state index contributed by atoms with van der Waals surface area (Å²) in [6.07, 6.45) is 3.79. The predicted octanol–water partition coefficient (Wildman–Crippen LogP) is 1.48. The van der Waals surface area contributed by atoms with Crippen LogP contribution in [0.4, 0.5) is 4.39 Å². The number of hydrogen-bond donors (Lipinski definition) is 1. The molecule has 1 aliphatic carbocycles. The number of ether oxygens (including phenoxy) is 1. The molecule has 0 aromatic carbocycles. The molecule has 2 aromatic rings. The molecule has 1 saturated carbocycles. The first-order valence-corrected chi connectivity index (χ1v) is 8.62. The second kappa shape index (κ2) is 5.27. The zero-order valence-corrected chi connectivity index (χ0v) is 13.5. The van der Waals surface area contributed by atoms with Gasteiger partial charge in [-0.2, -0.15) is 0 Å². The lowest BCUT2D eigenvalue weighted by molar-refractivity contribution is 0.0518. The lowest BCUT2D eigenvalue weighted by Crippen LogP contribution is -2.34. The third-order valence-electron chi connectivity index (χ3n) is 3.71. The van der Waals surface area contributed by atoms with Gasteiger partial charge in [-0.1, -0.05) is 0 Å². The van der Waals surface area contributed by atoms with Crippen LogP contribution in [0.1, 0.15) is 37.2 Å². The Labute approximate surface area is 132 Å². The minimum absolute atomic E-state index is 0.0320. The number of hydrogen-bond acceptors (Lipinski definition) is 5. The molecule has 0 radical (unpaired) electrons. The predicted molar refractivity (Wildman–Crippen MR) is 79.1 cm³/mol. The van der Waals surface area contributed by atoms with Crippen LogP contribution in [0.15, 0.2) is 23.4 Å². The Kier molecular flexibility index (Phi) is 3.64. The fraction of sp³-hybridized carbons (Fsp3) is 0.429. The smallest absolute Gasteiger partial charge is 0.356 e. The number of nitrogens with zero attached hydrogens (tertiary/aromatic N) is 2. The fourth-order valence-electron chi connectivity index (χ4n) is 2.20. The summed E-state index contributed by atoms with van der Waals surface area (Å²) >= 11 is 0. The normalized spacial score (nSPS) is 16.5. The van der Waals surface area contributed by atoms with Crippen molar-refractivity contribution in [2.45, 2.75) is 37.1 Å². The van der Waals surface area contributed by atoms with E-state index >= 15 is 0 Å². The molecule has 1 fully saturated rings. The quantitative estimate of drug-likeness (QED) is 0.832. The SMILES string of the molecule is CCOC(=O)c1cnc2c(F)cc(S(=O)(=O)NC3(C)CC3)cn12. The molecule has 0 amide bonds. The Morgan fingerprint density at radius 2 is 2.22 bits per heavy atom. The van der Waals surface area contributed by atoms with E-state index in [0.717, 1.165) is 29.5 Å². The number of sulfonamides is 1. The first-order chi connectivity index (χ1) is 10.8. The average molecular weight is 341 g/mol. The Bertz CT molecular complexity index is 887. The van der Waals surface area contributed by atoms with Crippen LogP contribution in [0.2, 0.25) is 0 Å². The second-order valence-corrected chi connectivity index (χ2v) is 7.43. The van der Waals surface area contributed by atoms with Crippen LogP contribution in [0.5, 0.6) is 0 Å². The molecule has 1 N–H and O–H groups in total. The standard InChI is InChI=1S/C14H16FN3O4S/c1-3-22-13(19)11-7-16-12-10(15)6-9(8-18(11)12)23(20,21)17-14(2)4-5-14/h6-8,17H,3-5H2,1-2H3. The van der Waals surface area contributed by atoms with Crippen LogP contribution in [0, 0.1) is 5.82 Å². The van der Waals surface area contributed by atoms with Crippen molar-refractivity contribution >= 4 is 21.6 Å². The van der Waals surface area contributed by atoms with Gasteiger partial charge in [0, 0.05) is 11.7 Å². The van der Waals surface area contributed by atoms with E-state index in [-0.39, 0.29) is 22.8 Å². The van der Waals surface area contributed by atoms with E-state index in [1.807, 2.05) is 0 Å². The molecule has 23 heavy (non-hydrogen) atoms. The van der Waals surface area contributed by atoms with Crippen molar-refractivity contribution in [3.8, 4) is 0 Å². The summed E-state index contributed by atoms with van der Waals surface area (Å²) in [4.78, 5) is 15.4. The first kappa shape index (κ1) is 15.9. The molecule has 0 spiro atoms. The van der Waals surface area contributed by atoms with E-state index in [4.69, 9.17) is 4.74 Å². The molecule has 7 nitrogen and oxygen atoms in total. The fourth-order valence-corrected chi connectivity index (χ4v) is 3.67.